The topological polar surface area (TPSA) is 25.2 Å². The molecule has 0 radical (unpaired) electrons. The van der Waals surface area contributed by atoms with Gasteiger partial charge in [-0.05, 0) is 46.1 Å². The van der Waals surface area contributed by atoms with Gasteiger partial charge in [-0.3, -0.25) is 0 Å². The van der Waals surface area contributed by atoms with Crippen LogP contribution >= 0.6 is 27.3 Å². The molecule has 2 aromatic carbocycles. The Morgan fingerprint density at radius 1 is 1.09 bits per heavy atom. The molecule has 0 amide bonds. The highest BCUT2D eigenvalue weighted by molar-refractivity contribution is 9.11. The fourth-order valence-electron chi connectivity index (χ4n) is 3.08. The Labute approximate surface area is 145 Å². The van der Waals surface area contributed by atoms with Gasteiger partial charge in [0.15, 0.2) is 0 Å². The summed E-state index contributed by atoms with van der Waals surface area (Å²) in [6.07, 6.45) is 5.21. The quantitative estimate of drug-likeness (QED) is 0.619. The van der Waals surface area contributed by atoms with Crippen molar-refractivity contribution in [1.29, 1.82) is 0 Å². The number of allylic oxidation sites excluding steroid dienone is 4. The molecule has 0 N–H and O–H groups in total. The number of nitrogens with zero attached hydrogens (tertiary/aromatic N) is 2. The van der Waals surface area contributed by atoms with Crippen molar-refractivity contribution in [3.8, 4) is 10.6 Å². The molecule has 5 rings (SSSR count). The number of halogens is 1. The summed E-state index contributed by atoms with van der Waals surface area (Å²) in [5.74, 6) is 0. The molecule has 23 heavy (non-hydrogen) atoms. The van der Waals surface area contributed by atoms with Crippen molar-refractivity contribution in [3.05, 3.63) is 75.4 Å². The third-order valence-corrected chi connectivity index (χ3v) is 5.89. The molecular weight excluding hydrogens is 368 g/mol. The van der Waals surface area contributed by atoms with Gasteiger partial charge >= 0.3 is 0 Å². The minimum Gasteiger partial charge on any atom is -0.247 e. The zero-order valence-corrected chi connectivity index (χ0v) is 14.5. The van der Waals surface area contributed by atoms with Gasteiger partial charge in [0.2, 0.25) is 0 Å². The van der Waals surface area contributed by atoms with E-state index in [1.54, 1.807) is 11.3 Å². The predicted octanol–water partition coefficient (Wildman–Crippen LogP) is 4.31. The van der Waals surface area contributed by atoms with Gasteiger partial charge in [-0.15, -0.1) is 11.3 Å². The first-order chi connectivity index (χ1) is 11.3. The molecule has 0 atom stereocenters. The van der Waals surface area contributed by atoms with Gasteiger partial charge < -0.3 is 0 Å². The van der Waals surface area contributed by atoms with E-state index in [4.69, 9.17) is 9.98 Å². The maximum absolute atomic E-state index is 4.80. The van der Waals surface area contributed by atoms with Crippen molar-refractivity contribution < 1.29 is 0 Å². The van der Waals surface area contributed by atoms with Crippen LogP contribution in [0.5, 0.6) is 0 Å². The van der Waals surface area contributed by atoms with Gasteiger partial charge in [0.1, 0.15) is 5.01 Å². The van der Waals surface area contributed by atoms with Crippen LogP contribution in [0.2, 0.25) is 0 Å². The second-order valence-corrected chi connectivity index (χ2v) is 7.50. The number of hydrogen-bond donors (Lipinski definition) is 0. The molecule has 0 spiro atoms. The van der Waals surface area contributed by atoms with E-state index in [2.05, 4.69) is 64.5 Å². The first kappa shape index (κ1) is 13.4. The Kier molecular flexibility index (Phi) is 2.90. The summed E-state index contributed by atoms with van der Waals surface area (Å²) in [5, 5.41) is 3.35. The van der Waals surface area contributed by atoms with Crippen LogP contribution in [-0.4, -0.2) is 4.98 Å². The van der Waals surface area contributed by atoms with Gasteiger partial charge in [-0.2, -0.15) is 0 Å². The fraction of sp³-hybridized carbons (Fsp3) is 0.0526. The van der Waals surface area contributed by atoms with E-state index in [1.807, 2.05) is 6.07 Å². The lowest BCUT2D eigenvalue weighted by atomic mass is 10.0. The molecule has 0 saturated heterocycles. The van der Waals surface area contributed by atoms with Crippen LogP contribution < -0.4 is 10.6 Å². The van der Waals surface area contributed by atoms with Crippen LogP contribution in [0.1, 0.15) is 6.42 Å². The summed E-state index contributed by atoms with van der Waals surface area (Å²) < 4.78 is 2.29. The molecule has 0 fully saturated rings. The number of hydrogen-bond acceptors (Lipinski definition) is 3. The lowest BCUT2D eigenvalue weighted by molar-refractivity contribution is 1.27. The summed E-state index contributed by atoms with van der Waals surface area (Å²) in [6.45, 7) is 0. The van der Waals surface area contributed by atoms with Gasteiger partial charge in [-0.1, -0.05) is 36.4 Å². The van der Waals surface area contributed by atoms with E-state index in [9.17, 15) is 0 Å². The molecule has 1 aliphatic carbocycles. The Balaban J connectivity index is 1.77. The largest absolute Gasteiger partial charge is 0.247 e. The number of benzene rings is 2. The molecule has 1 aliphatic heterocycles. The molecule has 2 nitrogen and oxygen atoms in total. The summed E-state index contributed by atoms with van der Waals surface area (Å²) >= 11 is 5.35. The van der Waals surface area contributed by atoms with Crippen LogP contribution in [0.25, 0.3) is 26.4 Å². The highest BCUT2D eigenvalue weighted by Crippen LogP contribution is 2.32. The maximum atomic E-state index is 4.80. The summed E-state index contributed by atoms with van der Waals surface area (Å²) in [7, 11) is 0. The fourth-order valence-corrected chi connectivity index (χ4v) is 4.59. The Morgan fingerprint density at radius 3 is 2.83 bits per heavy atom. The van der Waals surface area contributed by atoms with E-state index >= 15 is 0 Å². The first-order valence-corrected chi connectivity index (χ1v) is 9.05. The molecule has 0 bridgehead atoms. The van der Waals surface area contributed by atoms with Crippen molar-refractivity contribution in [1.82, 2.24) is 4.98 Å². The van der Waals surface area contributed by atoms with Crippen LogP contribution in [0.15, 0.2) is 69.8 Å². The molecule has 3 aromatic rings. The lowest BCUT2D eigenvalue weighted by Crippen LogP contribution is -2.22. The number of aromatic nitrogens is 1. The van der Waals surface area contributed by atoms with Gasteiger partial charge in [-0.25, -0.2) is 9.98 Å². The van der Waals surface area contributed by atoms with E-state index in [0.29, 0.717) is 0 Å². The summed E-state index contributed by atoms with van der Waals surface area (Å²) in [4.78, 5) is 9.60. The molecule has 2 aliphatic rings. The van der Waals surface area contributed by atoms with Crippen molar-refractivity contribution in [2.24, 2.45) is 4.99 Å². The highest BCUT2D eigenvalue weighted by atomic mass is 79.9. The average molecular weight is 379 g/mol. The maximum Gasteiger partial charge on any atom is 0.124 e. The second-order valence-electron chi connectivity index (χ2n) is 5.62. The third-order valence-electron chi connectivity index (χ3n) is 4.18. The molecule has 2 heterocycles. The van der Waals surface area contributed by atoms with Gasteiger partial charge in [0, 0.05) is 15.3 Å². The van der Waals surface area contributed by atoms with E-state index < -0.39 is 0 Å². The third kappa shape index (κ3) is 2.06. The van der Waals surface area contributed by atoms with Crippen LogP contribution in [0.3, 0.4) is 0 Å². The smallest absolute Gasteiger partial charge is 0.124 e. The molecule has 0 unspecified atom stereocenters. The highest BCUT2D eigenvalue weighted by Gasteiger charge is 2.18. The Morgan fingerprint density at radius 2 is 1.96 bits per heavy atom. The number of fused-ring (bicyclic) bond motifs is 3. The SMILES string of the molecule is BrC1=C2N=c3cc4nc(-c5ccccc5)sc4cc3=C2CC=C1. The zero-order valence-electron chi connectivity index (χ0n) is 12.1. The van der Waals surface area contributed by atoms with E-state index in [-0.39, 0.29) is 0 Å². The van der Waals surface area contributed by atoms with Crippen LogP contribution in [0, 0.1) is 0 Å². The van der Waals surface area contributed by atoms with E-state index in [1.165, 1.54) is 21.1 Å². The lowest BCUT2D eigenvalue weighted by Gasteiger charge is -2.07. The molecule has 1 aromatic heterocycles. The predicted molar refractivity (Wildman–Crippen MR) is 99.0 cm³/mol. The normalized spacial score (nSPS) is 15.8. The van der Waals surface area contributed by atoms with Crippen molar-refractivity contribution >= 4 is 43.1 Å². The van der Waals surface area contributed by atoms with Gasteiger partial charge in [0.25, 0.3) is 0 Å². The van der Waals surface area contributed by atoms with Crippen LogP contribution in [-0.2, 0) is 0 Å². The van der Waals surface area contributed by atoms with E-state index in [0.717, 1.165) is 32.5 Å². The van der Waals surface area contributed by atoms with Crippen molar-refractivity contribution in [3.63, 3.8) is 0 Å². The minimum atomic E-state index is 0.941. The summed E-state index contributed by atoms with van der Waals surface area (Å²) in [5.41, 5.74) is 4.58. The second kappa shape index (κ2) is 4.98. The number of rotatable bonds is 1. The molecular formula is C19H11BrN2S. The Hall–Kier alpha value is -2.04. The minimum absolute atomic E-state index is 0.941. The molecule has 110 valence electrons. The Bertz CT molecular complexity index is 1140. The first-order valence-electron chi connectivity index (χ1n) is 7.44. The average Bonchev–Trinajstić information content (AvgIpc) is 3.15. The molecule has 0 saturated carbocycles. The standard InChI is InChI=1S/C19H11BrN2S/c20-14-8-4-7-12-13-9-17-16(10-15(13)21-18(12)14)22-19(23-17)11-5-2-1-3-6-11/h1-6,8-10H,7H2. The van der Waals surface area contributed by atoms with Crippen molar-refractivity contribution in [2.75, 3.05) is 0 Å². The summed E-state index contributed by atoms with van der Waals surface area (Å²) in [6, 6.07) is 14.7. The van der Waals surface area contributed by atoms with Gasteiger partial charge in [0.05, 0.1) is 21.3 Å². The zero-order chi connectivity index (χ0) is 15.4. The number of thiazole rings is 1. The van der Waals surface area contributed by atoms with Crippen molar-refractivity contribution in [2.45, 2.75) is 6.42 Å². The molecule has 4 heteroatoms. The van der Waals surface area contributed by atoms with Crippen LogP contribution in [0.4, 0.5) is 0 Å². The monoisotopic (exact) mass is 378 g/mol.